The summed E-state index contributed by atoms with van der Waals surface area (Å²) in [6, 6.07) is 0.710. The molecular weight excluding hydrogens is 190 g/mol. The van der Waals surface area contributed by atoms with Crippen molar-refractivity contribution in [2.75, 3.05) is 7.05 Å². The van der Waals surface area contributed by atoms with Crippen molar-refractivity contribution in [3.8, 4) is 0 Å². The van der Waals surface area contributed by atoms with Crippen molar-refractivity contribution < 1.29 is 4.42 Å². The highest BCUT2D eigenvalue weighted by molar-refractivity contribution is 4.83. The molecule has 0 aromatic carbocycles. The van der Waals surface area contributed by atoms with Gasteiger partial charge in [-0.15, -0.1) is 10.2 Å². The van der Waals surface area contributed by atoms with Gasteiger partial charge in [-0.2, -0.15) is 0 Å². The fourth-order valence-corrected chi connectivity index (χ4v) is 2.18. The maximum Gasteiger partial charge on any atom is 0.230 e. The Labute approximate surface area is 90.7 Å². The lowest BCUT2D eigenvalue weighted by molar-refractivity contribution is 0.213. The van der Waals surface area contributed by atoms with E-state index >= 15 is 0 Å². The highest BCUT2D eigenvalue weighted by Gasteiger charge is 2.20. The van der Waals surface area contributed by atoms with Crippen molar-refractivity contribution in [3.63, 3.8) is 0 Å². The molecule has 4 nitrogen and oxygen atoms in total. The zero-order valence-electron chi connectivity index (χ0n) is 9.57. The van der Waals surface area contributed by atoms with Gasteiger partial charge in [-0.25, -0.2) is 0 Å². The molecule has 4 heteroatoms. The van der Waals surface area contributed by atoms with Gasteiger partial charge in [0.1, 0.15) is 0 Å². The van der Waals surface area contributed by atoms with E-state index in [1.807, 2.05) is 6.92 Å². The van der Waals surface area contributed by atoms with Crippen molar-refractivity contribution in [3.05, 3.63) is 11.8 Å². The highest BCUT2D eigenvalue weighted by Crippen LogP contribution is 2.23. The van der Waals surface area contributed by atoms with E-state index in [0.717, 1.165) is 24.7 Å². The number of hydrogen-bond acceptors (Lipinski definition) is 4. The molecule has 0 radical (unpaired) electrons. The van der Waals surface area contributed by atoms with Crippen molar-refractivity contribution in [1.29, 1.82) is 0 Å². The summed E-state index contributed by atoms with van der Waals surface area (Å²) in [6.07, 6.45) is 6.16. The highest BCUT2D eigenvalue weighted by atomic mass is 16.4. The molecule has 1 saturated carbocycles. The molecule has 2 rings (SSSR count). The summed E-state index contributed by atoms with van der Waals surface area (Å²) in [5, 5.41) is 8.01. The van der Waals surface area contributed by atoms with Gasteiger partial charge in [-0.3, -0.25) is 4.90 Å². The fourth-order valence-electron chi connectivity index (χ4n) is 2.18. The predicted molar refractivity (Wildman–Crippen MR) is 57.4 cm³/mol. The van der Waals surface area contributed by atoms with Crippen molar-refractivity contribution in [2.24, 2.45) is 0 Å². The SMILES string of the molecule is CCc1nnc(CN(C)C2CCCC2)o1. The Balaban J connectivity index is 1.89. The van der Waals surface area contributed by atoms with Crippen LogP contribution in [0.4, 0.5) is 0 Å². The monoisotopic (exact) mass is 209 g/mol. The molecule has 0 atom stereocenters. The van der Waals surface area contributed by atoms with E-state index in [2.05, 4.69) is 22.1 Å². The zero-order valence-corrected chi connectivity index (χ0v) is 9.57. The van der Waals surface area contributed by atoms with Gasteiger partial charge in [0, 0.05) is 12.5 Å². The lowest BCUT2D eigenvalue weighted by atomic mass is 10.2. The van der Waals surface area contributed by atoms with Crippen molar-refractivity contribution >= 4 is 0 Å². The topological polar surface area (TPSA) is 42.2 Å². The van der Waals surface area contributed by atoms with Gasteiger partial charge in [0.25, 0.3) is 0 Å². The van der Waals surface area contributed by atoms with Crippen LogP contribution in [0.25, 0.3) is 0 Å². The molecule has 0 N–H and O–H groups in total. The van der Waals surface area contributed by atoms with E-state index in [1.54, 1.807) is 0 Å². The van der Waals surface area contributed by atoms with Crippen LogP contribution in [0, 0.1) is 0 Å². The van der Waals surface area contributed by atoms with Gasteiger partial charge in [-0.1, -0.05) is 19.8 Å². The predicted octanol–water partition coefficient (Wildman–Crippen LogP) is 2.01. The summed E-state index contributed by atoms with van der Waals surface area (Å²) in [5.74, 6) is 1.49. The van der Waals surface area contributed by atoms with Gasteiger partial charge in [0.05, 0.1) is 6.54 Å². The number of aryl methyl sites for hydroxylation is 1. The largest absolute Gasteiger partial charge is 0.424 e. The van der Waals surface area contributed by atoms with Crippen LogP contribution in [-0.2, 0) is 13.0 Å². The van der Waals surface area contributed by atoms with Crippen molar-refractivity contribution in [1.82, 2.24) is 15.1 Å². The molecular formula is C11H19N3O. The maximum atomic E-state index is 5.50. The molecule has 0 saturated heterocycles. The van der Waals surface area contributed by atoms with E-state index in [1.165, 1.54) is 25.7 Å². The van der Waals surface area contributed by atoms with E-state index in [4.69, 9.17) is 4.42 Å². The lowest BCUT2D eigenvalue weighted by Gasteiger charge is -2.21. The summed E-state index contributed by atoms with van der Waals surface area (Å²) in [4.78, 5) is 2.33. The van der Waals surface area contributed by atoms with Gasteiger partial charge < -0.3 is 4.42 Å². The molecule has 1 aliphatic carbocycles. The number of aromatic nitrogens is 2. The first-order chi connectivity index (χ1) is 7.29. The minimum absolute atomic E-state index is 0.710. The Morgan fingerprint density at radius 2 is 1.93 bits per heavy atom. The van der Waals surface area contributed by atoms with E-state index in [9.17, 15) is 0 Å². The smallest absolute Gasteiger partial charge is 0.230 e. The summed E-state index contributed by atoms with van der Waals surface area (Å²) >= 11 is 0. The molecule has 1 aromatic rings. The van der Waals surface area contributed by atoms with Crippen LogP contribution in [0.1, 0.15) is 44.4 Å². The molecule has 0 bridgehead atoms. The van der Waals surface area contributed by atoms with Gasteiger partial charge in [0.15, 0.2) is 0 Å². The molecule has 0 unspecified atom stereocenters. The first-order valence-corrected chi connectivity index (χ1v) is 5.81. The first kappa shape index (κ1) is 10.6. The molecule has 1 aliphatic rings. The van der Waals surface area contributed by atoms with Gasteiger partial charge in [-0.05, 0) is 19.9 Å². The van der Waals surface area contributed by atoms with E-state index in [-0.39, 0.29) is 0 Å². The van der Waals surface area contributed by atoms with Gasteiger partial charge >= 0.3 is 0 Å². The third-order valence-corrected chi connectivity index (χ3v) is 3.14. The lowest BCUT2D eigenvalue weighted by Crippen LogP contribution is -2.28. The number of nitrogens with zero attached hydrogens (tertiary/aromatic N) is 3. The minimum Gasteiger partial charge on any atom is -0.424 e. The standard InChI is InChI=1S/C11H19N3O/c1-3-10-12-13-11(15-10)8-14(2)9-6-4-5-7-9/h9H,3-8H2,1-2H3. The summed E-state index contributed by atoms with van der Waals surface area (Å²) in [7, 11) is 2.14. The number of rotatable bonds is 4. The second kappa shape index (κ2) is 4.75. The second-order valence-corrected chi connectivity index (χ2v) is 4.30. The maximum absolute atomic E-state index is 5.50. The quantitative estimate of drug-likeness (QED) is 0.760. The molecule has 0 amide bonds. The van der Waals surface area contributed by atoms with Crippen LogP contribution < -0.4 is 0 Å². The molecule has 0 aliphatic heterocycles. The fraction of sp³-hybridized carbons (Fsp3) is 0.818. The molecule has 0 spiro atoms. The van der Waals surface area contributed by atoms with Crippen LogP contribution in [0.3, 0.4) is 0 Å². The van der Waals surface area contributed by atoms with Crippen LogP contribution >= 0.6 is 0 Å². The normalized spacial score (nSPS) is 17.8. The average molecular weight is 209 g/mol. The minimum atomic E-state index is 0.710. The Bertz CT molecular complexity index is 305. The van der Waals surface area contributed by atoms with Gasteiger partial charge in [0.2, 0.25) is 11.8 Å². The zero-order chi connectivity index (χ0) is 10.7. The molecule has 15 heavy (non-hydrogen) atoms. The van der Waals surface area contributed by atoms with Crippen molar-refractivity contribution in [2.45, 2.75) is 51.6 Å². The molecule has 1 heterocycles. The van der Waals surface area contributed by atoms with E-state index < -0.39 is 0 Å². The third-order valence-electron chi connectivity index (χ3n) is 3.14. The number of hydrogen-bond donors (Lipinski definition) is 0. The van der Waals surface area contributed by atoms with Crippen LogP contribution in [0.5, 0.6) is 0 Å². The Kier molecular flexibility index (Phi) is 3.36. The first-order valence-electron chi connectivity index (χ1n) is 5.81. The summed E-state index contributed by atoms with van der Waals surface area (Å²) in [5.41, 5.74) is 0. The van der Waals surface area contributed by atoms with E-state index in [0.29, 0.717) is 6.04 Å². The second-order valence-electron chi connectivity index (χ2n) is 4.30. The summed E-state index contributed by atoms with van der Waals surface area (Å²) < 4.78 is 5.50. The van der Waals surface area contributed by atoms with Crippen LogP contribution in [0.15, 0.2) is 4.42 Å². The Morgan fingerprint density at radius 1 is 1.27 bits per heavy atom. The van der Waals surface area contributed by atoms with Crippen LogP contribution in [0.2, 0.25) is 0 Å². The molecule has 84 valence electrons. The molecule has 1 aromatic heterocycles. The Hall–Kier alpha value is -0.900. The van der Waals surface area contributed by atoms with Crippen LogP contribution in [-0.4, -0.2) is 28.2 Å². The molecule has 1 fully saturated rings. The third kappa shape index (κ3) is 2.56. The Morgan fingerprint density at radius 3 is 2.53 bits per heavy atom. The summed E-state index contributed by atoms with van der Waals surface area (Å²) in [6.45, 7) is 2.82. The average Bonchev–Trinajstić information content (AvgIpc) is 2.87.